The highest BCUT2D eigenvalue weighted by molar-refractivity contribution is 7.81. The largest absolute Gasteiger partial charge is 0.366 e. The number of rotatable bonds is 4. The summed E-state index contributed by atoms with van der Waals surface area (Å²) in [7, 11) is 1.74. The first-order chi connectivity index (χ1) is 5.70. The second kappa shape index (κ2) is 7.17. The van der Waals surface area contributed by atoms with Gasteiger partial charge in [0.25, 0.3) is 0 Å². The zero-order chi connectivity index (χ0) is 9.40. The highest BCUT2D eigenvalue weighted by Crippen LogP contribution is 1.71. The van der Waals surface area contributed by atoms with Gasteiger partial charge in [-0.2, -0.15) is 12.6 Å². The van der Waals surface area contributed by atoms with E-state index in [0.717, 1.165) is 0 Å². The smallest absolute Gasteiger partial charge is 0.229 e. The van der Waals surface area contributed by atoms with Crippen LogP contribution in [0.15, 0.2) is 0 Å². The van der Waals surface area contributed by atoms with E-state index < -0.39 is 0 Å². The summed E-state index contributed by atoms with van der Waals surface area (Å²) >= 11 is 8.62. The van der Waals surface area contributed by atoms with Gasteiger partial charge in [0.05, 0.1) is 5.75 Å². The third kappa shape index (κ3) is 6.23. The molecule has 1 amide bonds. The molecule has 0 heterocycles. The SMILES string of the molecule is CNC(=S)NCCNC(=O)CS. The molecule has 0 aliphatic rings. The quantitative estimate of drug-likeness (QED) is 0.275. The molecule has 0 saturated carbocycles. The van der Waals surface area contributed by atoms with Gasteiger partial charge in [-0.1, -0.05) is 0 Å². The topological polar surface area (TPSA) is 53.2 Å². The van der Waals surface area contributed by atoms with Crippen LogP contribution in [0.2, 0.25) is 0 Å². The Morgan fingerprint density at radius 1 is 1.42 bits per heavy atom. The average Bonchev–Trinajstić information content (AvgIpc) is 2.11. The molecule has 0 rings (SSSR count). The second-order valence-corrected chi connectivity index (χ2v) is 2.74. The van der Waals surface area contributed by atoms with Crippen LogP contribution >= 0.6 is 24.8 Å². The molecule has 0 fully saturated rings. The van der Waals surface area contributed by atoms with Gasteiger partial charge in [0.2, 0.25) is 5.91 Å². The van der Waals surface area contributed by atoms with Crippen LogP contribution in [0.3, 0.4) is 0 Å². The van der Waals surface area contributed by atoms with Crippen LogP contribution in [-0.4, -0.2) is 36.9 Å². The van der Waals surface area contributed by atoms with Crippen molar-refractivity contribution in [3.05, 3.63) is 0 Å². The summed E-state index contributed by atoms with van der Waals surface area (Å²) in [4.78, 5) is 10.7. The van der Waals surface area contributed by atoms with Crippen LogP contribution in [0, 0.1) is 0 Å². The normalized spacial score (nSPS) is 8.83. The van der Waals surface area contributed by atoms with Crippen LogP contribution in [0.25, 0.3) is 0 Å². The number of thiol groups is 1. The molecule has 0 aromatic rings. The van der Waals surface area contributed by atoms with Crippen molar-refractivity contribution in [3.8, 4) is 0 Å². The molecule has 6 heteroatoms. The van der Waals surface area contributed by atoms with Gasteiger partial charge in [-0.3, -0.25) is 4.79 Å². The second-order valence-electron chi connectivity index (χ2n) is 2.01. The lowest BCUT2D eigenvalue weighted by Gasteiger charge is -2.06. The van der Waals surface area contributed by atoms with E-state index in [9.17, 15) is 4.79 Å². The van der Waals surface area contributed by atoms with Crippen LogP contribution < -0.4 is 16.0 Å². The molecule has 0 aliphatic heterocycles. The number of thiocarbonyl (C=S) groups is 1. The third-order valence-electron chi connectivity index (χ3n) is 1.10. The van der Waals surface area contributed by atoms with E-state index in [1.54, 1.807) is 7.05 Å². The van der Waals surface area contributed by atoms with Crippen molar-refractivity contribution in [1.82, 2.24) is 16.0 Å². The summed E-state index contributed by atoms with van der Waals surface area (Å²) in [6.07, 6.45) is 0. The van der Waals surface area contributed by atoms with Gasteiger partial charge in [0.15, 0.2) is 5.11 Å². The van der Waals surface area contributed by atoms with Gasteiger partial charge < -0.3 is 16.0 Å². The number of amides is 1. The molecule has 12 heavy (non-hydrogen) atoms. The summed E-state index contributed by atoms with van der Waals surface area (Å²) in [5.41, 5.74) is 0. The summed E-state index contributed by atoms with van der Waals surface area (Å²) in [5, 5.41) is 8.88. The first-order valence-corrected chi connectivity index (χ1v) is 4.58. The van der Waals surface area contributed by atoms with E-state index in [0.29, 0.717) is 18.2 Å². The van der Waals surface area contributed by atoms with Gasteiger partial charge in [0, 0.05) is 20.1 Å². The standard InChI is InChI=1S/C6H13N3OS2/c1-7-6(12)9-3-2-8-5(10)4-11/h11H,2-4H2,1H3,(H,8,10)(H2,7,9,12). The minimum atomic E-state index is -0.0736. The average molecular weight is 207 g/mol. The Morgan fingerprint density at radius 3 is 2.50 bits per heavy atom. The van der Waals surface area contributed by atoms with Crippen molar-refractivity contribution in [2.24, 2.45) is 0 Å². The monoisotopic (exact) mass is 207 g/mol. The van der Waals surface area contributed by atoms with Crippen molar-refractivity contribution in [2.45, 2.75) is 0 Å². The third-order valence-corrected chi connectivity index (χ3v) is 1.74. The molecule has 3 N–H and O–H groups in total. The highest BCUT2D eigenvalue weighted by atomic mass is 32.1. The van der Waals surface area contributed by atoms with E-state index in [1.807, 2.05) is 0 Å². The number of hydrogen-bond donors (Lipinski definition) is 4. The van der Waals surface area contributed by atoms with E-state index in [1.165, 1.54) is 0 Å². The maximum Gasteiger partial charge on any atom is 0.229 e. The Morgan fingerprint density at radius 2 is 2.00 bits per heavy atom. The molecule has 0 radical (unpaired) electrons. The van der Waals surface area contributed by atoms with Gasteiger partial charge in [-0.25, -0.2) is 0 Å². The predicted molar refractivity (Wildman–Crippen MR) is 56.5 cm³/mol. The van der Waals surface area contributed by atoms with Crippen LogP contribution in [0.4, 0.5) is 0 Å². The summed E-state index contributed by atoms with van der Waals surface area (Å²) < 4.78 is 0. The van der Waals surface area contributed by atoms with E-state index in [-0.39, 0.29) is 11.7 Å². The number of hydrogen-bond acceptors (Lipinski definition) is 3. The van der Waals surface area contributed by atoms with Gasteiger partial charge in [-0.05, 0) is 12.2 Å². The van der Waals surface area contributed by atoms with E-state index in [4.69, 9.17) is 12.2 Å². The van der Waals surface area contributed by atoms with Gasteiger partial charge in [-0.15, -0.1) is 0 Å². The molecular formula is C6H13N3OS2. The maximum atomic E-state index is 10.7. The Bertz CT molecular complexity index is 145. The fraction of sp³-hybridized carbons (Fsp3) is 0.667. The molecule has 4 nitrogen and oxygen atoms in total. The zero-order valence-corrected chi connectivity index (χ0v) is 8.60. The molecule has 0 aliphatic carbocycles. The van der Waals surface area contributed by atoms with Crippen molar-refractivity contribution < 1.29 is 4.79 Å². The molecule has 0 spiro atoms. The van der Waals surface area contributed by atoms with Crippen molar-refractivity contribution in [3.63, 3.8) is 0 Å². The lowest BCUT2D eigenvalue weighted by Crippen LogP contribution is -2.38. The maximum absolute atomic E-state index is 10.7. The van der Waals surface area contributed by atoms with Crippen molar-refractivity contribution >= 4 is 35.9 Å². The van der Waals surface area contributed by atoms with E-state index >= 15 is 0 Å². The Balaban J connectivity index is 3.21. The van der Waals surface area contributed by atoms with Crippen LogP contribution in [-0.2, 0) is 4.79 Å². The van der Waals surface area contributed by atoms with Crippen molar-refractivity contribution in [2.75, 3.05) is 25.9 Å². The zero-order valence-electron chi connectivity index (χ0n) is 6.89. The molecule has 0 atom stereocenters. The molecule has 0 unspecified atom stereocenters. The molecule has 0 aromatic heterocycles. The fourth-order valence-electron chi connectivity index (χ4n) is 0.522. The van der Waals surface area contributed by atoms with Crippen LogP contribution in [0.5, 0.6) is 0 Å². The number of nitrogens with one attached hydrogen (secondary N) is 3. The molecule has 0 saturated heterocycles. The summed E-state index contributed by atoms with van der Waals surface area (Å²) in [6.45, 7) is 1.18. The number of carbonyl (C=O) groups excluding carboxylic acids is 1. The minimum absolute atomic E-state index is 0.0736. The number of carbonyl (C=O) groups is 1. The Hall–Kier alpha value is -0.490. The first-order valence-electron chi connectivity index (χ1n) is 3.54. The molecular weight excluding hydrogens is 194 g/mol. The summed E-state index contributed by atoms with van der Waals surface area (Å²) in [5.74, 6) is 0.145. The molecule has 0 aromatic carbocycles. The van der Waals surface area contributed by atoms with Crippen molar-refractivity contribution in [1.29, 1.82) is 0 Å². The van der Waals surface area contributed by atoms with Gasteiger partial charge >= 0.3 is 0 Å². The predicted octanol–water partition coefficient (Wildman–Crippen LogP) is -0.874. The first kappa shape index (κ1) is 11.5. The summed E-state index contributed by atoms with van der Waals surface area (Å²) in [6, 6.07) is 0. The van der Waals surface area contributed by atoms with Crippen LogP contribution in [0.1, 0.15) is 0 Å². The minimum Gasteiger partial charge on any atom is -0.366 e. The fourth-order valence-corrected chi connectivity index (χ4v) is 0.736. The Labute approximate surface area is 82.9 Å². The lowest BCUT2D eigenvalue weighted by molar-refractivity contribution is -0.118. The van der Waals surface area contributed by atoms with E-state index in [2.05, 4.69) is 28.6 Å². The Kier molecular flexibility index (Phi) is 6.88. The molecule has 70 valence electrons. The lowest BCUT2D eigenvalue weighted by atomic mass is 10.6. The molecule has 0 bridgehead atoms. The highest BCUT2D eigenvalue weighted by Gasteiger charge is 1.95. The van der Waals surface area contributed by atoms with Gasteiger partial charge in [0.1, 0.15) is 0 Å².